The van der Waals surface area contributed by atoms with Crippen molar-refractivity contribution in [2.75, 3.05) is 0 Å². The van der Waals surface area contributed by atoms with Gasteiger partial charge in [0.15, 0.2) is 5.82 Å². The van der Waals surface area contributed by atoms with Crippen molar-refractivity contribution in [3.8, 4) is 0 Å². The number of hydrogen-bond donors (Lipinski definition) is 0. The lowest BCUT2D eigenvalue weighted by Crippen LogP contribution is -2.10. The smallest absolute Gasteiger partial charge is 0.204 e. The number of Topliss-reactive ketones (excluding diaryl/α,β-unsaturated/α-hetero) is 1. The molecule has 0 aliphatic rings. The normalized spacial score (nSPS) is 10.5. The van der Waals surface area contributed by atoms with E-state index in [2.05, 4.69) is 29.0 Å². The predicted octanol–water partition coefficient (Wildman–Crippen LogP) is 3.14. The minimum absolute atomic E-state index is 0.0324. The van der Waals surface area contributed by atoms with E-state index in [9.17, 15) is 4.79 Å². The standard InChI is InChI=1S/C16H18N2O/c1-10-5-12(3)14(13(4)6-10)7-15(19)16-17-8-11(2)9-18-16/h5-6,8-9H,7H2,1-4H3. The van der Waals surface area contributed by atoms with Gasteiger partial charge in [0.2, 0.25) is 5.78 Å². The molecule has 1 aromatic heterocycles. The average Bonchev–Trinajstić information content (AvgIpc) is 2.34. The molecule has 1 heterocycles. The average molecular weight is 254 g/mol. The molecule has 0 bridgehead atoms. The summed E-state index contributed by atoms with van der Waals surface area (Å²) in [6, 6.07) is 4.21. The van der Waals surface area contributed by atoms with Crippen molar-refractivity contribution in [2.24, 2.45) is 0 Å². The zero-order valence-electron chi connectivity index (χ0n) is 11.8. The van der Waals surface area contributed by atoms with Crippen LogP contribution in [0, 0.1) is 27.7 Å². The topological polar surface area (TPSA) is 42.9 Å². The lowest BCUT2D eigenvalue weighted by Gasteiger charge is -2.10. The van der Waals surface area contributed by atoms with Gasteiger partial charge in [-0.05, 0) is 49.9 Å². The van der Waals surface area contributed by atoms with Crippen LogP contribution in [-0.2, 0) is 6.42 Å². The van der Waals surface area contributed by atoms with Gasteiger partial charge in [-0.15, -0.1) is 0 Å². The first kappa shape index (κ1) is 13.4. The summed E-state index contributed by atoms with van der Waals surface area (Å²) in [7, 11) is 0. The number of nitrogens with zero attached hydrogens (tertiary/aromatic N) is 2. The molecule has 0 radical (unpaired) electrons. The van der Waals surface area contributed by atoms with E-state index in [0.29, 0.717) is 12.2 Å². The van der Waals surface area contributed by atoms with Crippen molar-refractivity contribution in [3.05, 3.63) is 58.2 Å². The number of benzene rings is 1. The zero-order chi connectivity index (χ0) is 14.0. The van der Waals surface area contributed by atoms with Crippen molar-refractivity contribution in [3.63, 3.8) is 0 Å². The van der Waals surface area contributed by atoms with Gasteiger partial charge < -0.3 is 0 Å². The number of ketones is 1. The van der Waals surface area contributed by atoms with Crippen molar-refractivity contribution in [2.45, 2.75) is 34.1 Å². The molecule has 1 aromatic carbocycles. The number of hydrogen-bond acceptors (Lipinski definition) is 3. The van der Waals surface area contributed by atoms with Gasteiger partial charge in [0.05, 0.1) is 0 Å². The summed E-state index contributed by atoms with van der Waals surface area (Å²) in [6.07, 6.45) is 3.71. The van der Waals surface area contributed by atoms with E-state index in [1.54, 1.807) is 12.4 Å². The number of aromatic nitrogens is 2. The summed E-state index contributed by atoms with van der Waals surface area (Å²) >= 11 is 0. The molecule has 2 aromatic rings. The molecule has 19 heavy (non-hydrogen) atoms. The largest absolute Gasteiger partial charge is 0.290 e. The second kappa shape index (κ2) is 5.31. The number of carbonyl (C=O) groups is 1. The van der Waals surface area contributed by atoms with Crippen LogP contribution in [0.5, 0.6) is 0 Å². The van der Waals surface area contributed by atoms with E-state index >= 15 is 0 Å². The Morgan fingerprint density at radius 1 is 0.947 bits per heavy atom. The van der Waals surface area contributed by atoms with Crippen LogP contribution in [0.25, 0.3) is 0 Å². The van der Waals surface area contributed by atoms with Crippen LogP contribution < -0.4 is 0 Å². The molecule has 0 saturated carbocycles. The van der Waals surface area contributed by atoms with E-state index in [1.807, 2.05) is 20.8 Å². The molecule has 0 saturated heterocycles. The maximum atomic E-state index is 12.2. The molecular weight excluding hydrogens is 236 g/mol. The van der Waals surface area contributed by atoms with Gasteiger partial charge >= 0.3 is 0 Å². The Morgan fingerprint density at radius 2 is 1.47 bits per heavy atom. The van der Waals surface area contributed by atoms with E-state index in [4.69, 9.17) is 0 Å². The van der Waals surface area contributed by atoms with Gasteiger partial charge in [-0.1, -0.05) is 17.7 Å². The molecule has 3 heteroatoms. The number of carbonyl (C=O) groups excluding carboxylic acids is 1. The first-order valence-electron chi connectivity index (χ1n) is 6.36. The molecule has 0 spiro atoms. The summed E-state index contributed by atoms with van der Waals surface area (Å²) in [5.74, 6) is 0.264. The molecule has 0 aliphatic heterocycles. The van der Waals surface area contributed by atoms with Crippen LogP contribution in [-0.4, -0.2) is 15.8 Å². The Hall–Kier alpha value is -2.03. The molecule has 0 unspecified atom stereocenters. The molecule has 0 amide bonds. The fraction of sp³-hybridized carbons (Fsp3) is 0.312. The quantitative estimate of drug-likeness (QED) is 0.790. The minimum Gasteiger partial charge on any atom is -0.290 e. The third-order valence-electron chi connectivity index (χ3n) is 3.21. The van der Waals surface area contributed by atoms with Crippen LogP contribution in [0.3, 0.4) is 0 Å². The molecular formula is C16H18N2O. The number of rotatable bonds is 3. The molecule has 0 N–H and O–H groups in total. The maximum Gasteiger partial charge on any atom is 0.204 e. The third kappa shape index (κ3) is 3.05. The molecule has 0 fully saturated rings. The van der Waals surface area contributed by atoms with Crippen LogP contribution in [0.4, 0.5) is 0 Å². The van der Waals surface area contributed by atoms with Gasteiger partial charge in [-0.2, -0.15) is 0 Å². The second-order valence-corrected chi connectivity index (χ2v) is 5.06. The zero-order valence-corrected chi connectivity index (χ0v) is 11.8. The third-order valence-corrected chi connectivity index (χ3v) is 3.21. The van der Waals surface area contributed by atoms with E-state index in [-0.39, 0.29) is 5.78 Å². The summed E-state index contributed by atoms with van der Waals surface area (Å²) < 4.78 is 0. The van der Waals surface area contributed by atoms with E-state index in [0.717, 1.165) is 22.3 Å². The summed E-state index contributed by atoms with van der Waals surface area (Å²) in [4.78, 5) is 20.4. The molecule has 2 rings (SSSR count). The van der Waals surface area contributed by atoms with Crippen LogP contribution >= 0.6 is 0 Å². The monoisotopic (exact) mass is 254 g/mol. The number of aryl methyl sites for hydroxylation is 4. The second-order valence-electron chi connectivity index (χ2n) is 5.06. The van der Waals surface area contributed by atoms with Crippen molar-refractivity contribution >= 4 is 5.78 Å². The molecule has 3 nitrogen and oxygen atoms in total. The molecule has 0 aliphatic carbocycles. The van der Waals surface area contributed by atoms with Gasteiger partial charge in [0, 0.05) is 18.8 Å². The Labute approximate surface area is 113 Å². The van der Waals surface area contributed by atoms with Crippen LogP contribution in [0.1, 0.15) is 38.4 Å². The van der Waals surface area contributed by atoms with Gasteiger partial charge in [-0.25, -0.2) is 9.97 Å². The Bertz CT molecular complexity index is 592. The van der Waals surface area contributed by atoms with Gasteiger partial charge in [0.1, 0.15) is 0 Å². The molecule has 98 valence electrons. The minimum atomic E-state index is -0.0324. The van der Waals surface area contributed by atoms with Gasteiger partial charge in [0.25, 0.3) is 0 Å². The fourth-order valence-electron chi connectivity index (χ4n) is 2.26. The highest BCUT2D eigenvalue weighted by molar-refractivity contribution is 5.94. The summed E-state index contributed by atoms with van der Waals surface area (Å²) in [5, 5.41) is 0. The van der Waals surface area contributed by atoms with Gasteiger partial charge in [-0.3, -0.25) is 4.79 Å². The first-order valence-corrected chi connectivity index (χ1v) is 6.36. The highest BCUT2D eigenvalue weighted by Crippen LogP contribution is 2.18. The lowest BCUT2D eigenvalue weighted by molar-refractivity contribution is 0.0982. The first-order chi connectivity index (χ1) is 8.97. The fourth-order valence-corrected chi connectivity index (χ4v) is 2.26. The lowest BCUT2D eigenvalue weighted by atomic mass is 9.95. The predicted molar refractivity (Wildman–Crippen MR) is 75.5 cm³/mol. The highest BCUT2D eigenvalue weighted by atomic mass is 16.1. The summed E-state index contributed by atoms with van der Waals surface area (Å²) in [5.41, 5.74) is 5.56. The Morgan fingerprint density at radius 3 is 2.00 bits per heavy atom. The summed E-state index contributed by atoms with van der Waals surface area (Å²) in [6.45, 7) is 8.05. The van der Waals surface area contributed by atoms with Crippen molar-refractivity contribution in [1.82, 2.24) is 9.97 Å². The van der Waals surface area contributed by atoms with Crippen LogP contribution in [0.15, 0.2) is 24.5 Å². The van der Waals surface area contributed by atoms with E-state index in [1.165, 1.54) is 5.56 Å². The van der Waals surface area contributed by atoms with Crippen LogP contribution in [0.2, 0.25) is 0 Å². The SMILES string of the molecule is Cc1cnc(C(=O)Cc2c(C)cc(C)cc2C)nc1. The molecule has 0 atom stereocenters. The highest BCUT2D eigenvalue weighted by Gasteiger charge is 2.13. The maximum absolute atomic E-state index is 12.2. The van der Waals surface area contributed by atoms with Crippen molar-refractivity contribution < 1.29 is 4.79 Å². The Kier molecular flexibility index (Phi) is 3.74. The Balaban J connectivity index is 2.26. The van der Waals surface area contributed by atoms with E-state index < -0.39 is 0 Å². The van der Waals surface area contributed by atoms with Crippen molar-refractivity contribution in [1.29, 1.82) is 0 Å².